The number of hydrogen-bond acceptors (Lipinski definition) is 18. The number of carbonyl (C=O) groups excluding carboxylic acids is 2. The fourth-order valence-corrected chi connectivity index (χ4v) is 15.0. The van der Waals surface area contributed by atoms with Crippen LogP contribution in [0.15, 0.2) is 53.9 Å². The molecule has 10 aliphatic rings. The number of carbonyl (C=O) groups is 2. The van der Waals surface area contributed by atoms with Gasteiger partial charge in [0, 0.05) is 49.8 Å². The lowest BCUT2D eigenvalue weighted by Gasteiger charge is -2.33. The third kappa shape index (κ3) is 11.3. The van der Waals surface area contributed by atoms with Gasteiger partial charge in [-0.05, 0) is 112 Å². The summed E-state index contributed by atoms with van der Waals surface area (Å²) >= 11 is 3.27. The van der Waals surface area contributed by atoms with Gasteiger partial charge < -0.3 is 54.4 Å². The van der Waals surface area contributed by atoms with Gasteiger partial charge >= 0.3 is 0 Å². The van der Waals surface area contributed by atoms with Crippen molar-refractivity contribution in [3.8, 4) is 10.6 Å². The van der Waals surface area contributed by atoms with Crippen molar-refractivity contribution < 1.29 is 53.3 Å². The Labute approximate surface area is 454 Å². The van der Waals surface area contributed by atoms with E-state index in [2.05, 4.69) is 36.6 Å². The van der Waals surface area contributed by atoms with Crippen molar-refractivity contribution in [2.45, 2.75) is 228 Å². The van der Waals surface area contributed by atoms with Crippen LogP contribution in [0.2, 0.25) is 0 Å². The Morgan fingerprint density at radius 2 is 1.32 bits per heavy atom. The van der Waals surface area contributed by atoms with Gasteiger partial charge in [-0.2, -0.15) is 4.98 Å². The Kier molecular flexibility index (Phi) is 16.2. The standard InChI is InChI=1S/C23H25N5O2S2.C12H20O3.C12H18O3.C11H14O3/c1-12-10-16(20(30)19(12)29)26-21-18(22-27-15-7-3-4-8-17(15)32-22)13(2)25-23(28-21)24-11-14-6-5-9-31-14;2*1-8-7-9(13)11-10(8)14-12(15-11)5-3-2-4-6-12;12-8-4-5-9-10(8)14-11(13-9)6-2-1-3-7-11/h3-9,12,16,19-20,29-30H,10-11H2,1-2H3,(H2,24,25,26,28);8-11,13H,2-7H2,1H3;8,10-11H,2-7H2,1H3;4-5,9-10H,1-3,6-7H2/t12-,16+,19+,20-;8-,9-,10+,11-;8-,10+,11-;9-,10+/m0001/s1. The summed E-state index contributed by atoms with van der Waals surface area (Å²) in [5, 5.41) is 40.3. The molecular formula is C58H77N5O11S2. The maximum Gasteiger partial charge on any atom is 0.225 e. The lowest BCUT2D eigenvalue weighted by molar-refractivity contribution is -0.208. The number of ether oxygens (including phenoxy) is 6. The molecule has 13 atom stereocenters. The molecular weight excluding hydrogens is 1010 g/mol. The molecule has 0 radical (unpaired) electrons. The quantitative estimate of drug-likeness (QED) is 0.122. The number of aliphatic hydroxyl groups excluding tert-OH is 3. The van der Waals surface area contributed by atoms with Gasteiger partial charge in [-0.25, -0.2) is 9.97 Å². The monoisotopic (exact) mass is 1080 g/mol. The number of para-hydroxylation sites is 1. The van der Waals surface area contributed by atoms with Crippen LogP contribution >= 0.6 is 22.7 Å². The number of nitrogens with zero attached hydrogens (tertiary/aromatic N) is 3. The summed E-state index contributed by atoms with van der Waals surface area (Å²) in [5.74, 6) is 1.09. The van der Waals surface area contributed by atoms with Crippen molar-refractivity contribution in [1.82, 2.24) is 15.0 Å². The highest BCUT2D eigenvalue weighted by Gasteiger charge is 2.57. The van der Waals surface area contributed by atoms with Gasteiger partial charge in [0.05, 0.1) is 58.5 Å². The zero-order valence-electron chi connectivity index (χ0n) is 44.4. The van der Waals surface area contributed by atoms with E-state index in [4.69, 9.17) is 43.4 Å². The van der Waals surface area contributed by atoms with Gasteiger partial charge in [0.1, 0.15) is 35.2 Å². The van der Waals surface area contributed by atoms with Crippen LogP contribution in [-0.2, 0) is 44.6 Å². The number of Topliss-reactive ketones (excluding diaryl/α,β-unsaturated/α-hetero) is 1. The molecule has 0 unspecified atom stereocenters. The summed E-state index contributed by atoms with van der Waals surface area (Å²) in [5.41, 5.74) is 2.56. The lowest BCUT2D eigenvalue weighted by Crippen LogP contribution is -2.35. The topological polar surface area (TPSA) is 213 Å². The number of hydrogen-bond donors (Lipinski definition) is 5. The number of thiophene rings is 1. The average Bonchev–Trinajstić information content (AvgIpc) is 4.34. The molecule has 14 rings (SSSR count). The molecule has 3 spiro atoms. The predicted molar refractivity (Wildman–Crippen MR) is 290 cm³/mol. The average molecular weight is 1080 g/mol. The number of anilines is 2. The van der Waals surface area contributed by atoms with E-state index in [1.54, 1.807) is 28.7 Å². The third-order valence-electron chi connectivity index (χ3n) is 17.4. The number of thiazole rings is 1. The minimum atomic E-state index is -0.856. The second-order valence-corrected chi connectivity index (χ2v) is 25.3. The lowest BCUT2D eigenvalue weighted by atomic mass is 9.94. The molecule has 0 amide bonds. The van der Waals surface area contributed by atoms with E-state index in [-0.39, 0.29) is 72.0 Å². The number of nitrogens with one attached hydrogen (secondary N) is 2. The Hall–Kier alpha value is -3.79. The number of aliphatic hydroxyl groups is 3. The van der Waals surface area contributed by atoms with Crippen LogP contribution in [0, 0.1) is 24.7 Å². The molecule has 3 saturated heterocycles. The second kappa shape index (κ2) is 22.8. The minimum Gasteiger partial charge on any atom is -0.390 e. The number of aryl methyl sites for hydroxylation is 1. The van der Waals surface area contributed by atoms with Crippen LogP contribution in [0.4, 0.5) is 11.8 Å². The van der Waals surface area contributed by atoms with E-state index in [0.29, 0.717) is 43.0 Å². The summed E-state index contributed by atoms with van der Waals surface area (Å²) in [6.07, 6.45) is 19.7. The summed E-state index contributed by atoms with van der Waals surface area (Å²) < 4.78 is 36.9. The first-order chi connectivity index (χ1) is 36.7. The molecule has 3 aromatic heterocycles. The molecule has 18 heteroatoms. The SMILES string of the molecule is C[C@H]1CC(=O)[C@@H]2OC3(CCCCC3)O[C@H]12.C[C@H]1C[C@H](O)[C@@H]2OC3(CCCCC3)O[C@@H]21.Cc1nc(NCc2cccs2)nc(N[C@@H]2C[C@H](C)[C@@H](O)[C@H]2O)c1-c1nc2ccccc2s1.O=C1C=C[C@H]2OC3(CCCCC3)O[C@@H]12. The number of benzene rings is 1. The van der Waals surface area contributed by atoms with E-state index in [1.165, 1.54) is 49.8 Å². The predicted octanol–water partition coefficient (Wildman–Crippen LogP) is 9.72. The zero-order chi connectivity index (χ0) is 52.8. The van der Waals surface area contributed by atoms with Gasteiger partial charge in [0.15, 0.2) is 35.0 Å². The number of rotatable bonds is 6. The first kappa shape index (κ1) is 54.2. The highest BCUT2D eigenvalue weighted by molar-refractivity contribution is 7.21. The third-order valence-corrected chi connectivity index (χ3v) is 19.4. The Morgan fingerprint density at radius 3 is 1.93 bits per heavy atom. The van der Waals surface area contributed by atoms with E-state index in [0.717, 1.165) is 84.3 Å². The van der Waals surface area contributed by atoms with E-state index >= 15 is 0 Å². The highest BCUT2D eigenvalue weighted by atomic mass is 32.1. The van der Waals surface area contributed by atoms with Crippen LogP contribution in [-0.4, -0.2) is 120 Å². The van der Waals surface area contributed by atoms with E-state index < -0.39 is 23.8 Å². The van der Waals surface area contributed by atoms with Gasteiger partial charge in [0.25, 0.3) is 0 Å². The van der Waals surface area contributed by atoms with Crippen LogP contribution < -0.4 is 10.6 Å². The Morgan fingerprint density at radius 1 is 0.671 bits per heavy atom. The molecule has 3 aliphatic heterocycles. The second-order valence-electron chi connectivity index (χ2n) is 23.2. The summed E-state index contributed by atoms with van der Waals surface area (Å²) in [4.78, 5) is 38.6. The normalized spacial score (nSPS) is 35.1. The van der Waals surface area contributed by atoms with Crippen molar-refractivity contribution >= 4 is 56.2 Å². The Bertz CT molecular complexity index is 2630. The van der Waals surface area contributed by atoms with E-state index in [1.807, 2.05) is 49.6 Å². The molecule has 5 N–H and O–H groups in total. The molecule has 9 fully saturated rings. The van der Waals surface area contributed by atoms with Crippen LogP contribution in [0.25, 0.3) is 20.8 Å². The molecule has 76 heavy (non-hydrogen) atoms. The maximum atomic E-state index is 11.7. The van der Waals surface area contributed by atoms with Crippen LogP contribution in [0.3, 0.4) is 0 Å². The molecule has 4 aromatic rings. The molecule has 16 nitrogen and oxygen atoms in total. The largest absolute Gasteiger partial charge is 0.390 e. The zero-order valence-corrected chi connectivity index (χ0v) is 46.0. The highest BCUT2D eigenvalue weighted by Crippen LogP contribution is 2.49. The molecule has 412 valence electrons. The van der Waals surface area contributed by atoms with Crippen molar-refractivity contribution in [1.29, 1.82) is 0 Å². The first-order valence-corrected chi connectivity index (χ1v) is 30.0. The van der Waals surface area contributed by atoms with Crippen LogP contribution in [0.1, 0.15) is 147 Å². The summed E-state index contributed by atoms with van der Waals surface area (Å²) in [6, 6.07) is 11.8. The fourth-order valence-electron chi connectivity index (χ4n) is 13.3. The smallest absolute Gasteiger partial charge is 0.225 e. The molecule has 1 aromatic carbocycles. The minimum absolute atomic E-state index is 0.00718. The number of ketones is 2. The molecule has 7 aliphatic carbocycles. The van der Waals surface area contributed by atoms with Crippen molar-refractivity contribution in [2.75, 3.05) is 10.6 Å². The van der Waals surface area contributed by atoms with Gasteiger partial charge in [-0.3, -0.25) is 9.59 Å². The Balaban J connectivity index is 0.000000117. The van der Waals surface area contributed by atoms with E-state index in [9.17, 15) is 24.9 Å². The van der Waals surface area contributed by atoms with Crippen molar-refractivity contribution in [3.05, 3.63) is 64.5 Å². The molecule has 6 saturated carbocycles. The van der Waals surface area contributed by atoms with Gasteiger partial charge in [0.2, 0.25) is 5.95 Å². The summed E-state index contributed by atoms with van der Waals surface area (Å²) in [7, 11) is 0. The fraction of sp³-hybridized carbons (Fsp3) is 0.672. The first-order valence-electron chi connectivity index (χ1n) is 28.3. The van der Waals surface area contributed by atoms with Gasteiger partial charge in [-0.1, -0.05) is 58.2 Å². The maximum absolute atomic E-state index is 11.7. The van der Waals surface area contributed by atoms with Gasteiger partial charge in [-0.15, -0.1) is 22.7 Å². The molecule has 0 bridgehead atoms. The molecule has 6 heterocycles. The van der Waals surface area contributed by atoms with Crippen molar-refractivity contribution in [2.24, 2.45) is 17.8 Å². The number of aromatic nitrogens is 3. The van der Waals surface area contributed by atoms with Crippen molar-refractivity contribution in [3.63, 3.8) is 0 Å². The summed E-state index contributed by atoms with van der Waals surface area (Å²) in [6.45, 7) is 8.78. The van der Waals surface area contributed by atoms with Crippen LogP contribution in [0.5, 0.6) is 0 Å². The number of fused-ring (bicyclic) bond motifs is 4.